The number of benzene rings is 1. The van der Waals surface area contributed by atoms with Crippen molar-refractivity contribution in [2.75, 3.05) is 33.8 Å². The number of carbonyl (C=O) groups excluding carboxylic acids is 1. The highest BCUT2D eigenvalue weighted by molar-refractivity contribution is 5.82. The second-order valence-electron chi connectivity index (χ2n) is 6.46. The Morgan fingerprint density at radius 2 is 2.08 bits per heavy atom. The molecule has 1 saturated heterocycles. The normalized spacial score (nSPS) is 22.3. The summed E-state index contributed by atoms with van der Waals surface area (Å²) in [7, 11) is 3.25. The molecule has 0 aliphatic carbocycles. The molecule has 1 fully saturated rings. The predicted molar refractivity (Wildman–Crippen MR) is 97.1 cm³/mol. The van der Waals surface area contributed by atoms with Crippen LogP contribution in [-0.4, -0.2) is 50.6 Å². The summed E-state index contributed by atoms with van der Waals surface area (Å²) < 4.78 is 4.91. The summed E-state index contributed by atoms with van der Waals surface area (Å²) in [5.41, 5.74) is 1.34. The van der Waals surface area contributed by atoms with E-state index in [1.165, 1.54) is 12.7 Å². The zero-order chi connectivity index (χ0) is 17.5. The SMILES string of the molecule is CCC(CNC(=NC)N1CC(C)C(C(=O)OC)C1)c1ccccc1. The van der Waals surface area contributed by atoms with E-state index in [1.807, 2.05) is 6.07 Å². The molecule has 1 aliphatic heterocycles. The van der Waals surface area contributed by atoms with Gasteiger partial charge in [0.1, 0.15) is 0 Å². The Balaban J connectivity index is 1.97. The zero-order valence-corrected chi connectivity index (χ0v) is 15.2. The Morgan fingerprint density at radius 3 is 2.67 bits per heavy atom. The van der Waals surface area contributed by atoms with Crippen LogP contribution in [-0.2, 0) is 9.53 Å². The Kier molecular flexibility index (Phi) is 6.64. The van der Waals surface area contributed by atoms with Gasteiger partial charge in [0.15, 0.2) is 5.96 Å². The van der Waals surface area contributed by atoms with Crippen LogP contribution < -0.4 is 5.32 Å². The maximum Gasteiger partial charge on any atom is 0.310 e. The summed E-state index contributed by atoms with van der Waals surface area (Å²) >= 11 is 0. The van der Waals surface area contributed by atoms with E-state index in [2.05, 4.69) is 53.3 Å². The number of ether oxygens (including phenoxy) is 1. The Labute approximate surface area is 145 Å². The van der Waals surface area contributed by atoms with Gasteiger partial charge >= 0.3 is 5.97 Å². The van der Waals surface area contributed by atoms with Crippen LogP contribution in [0.25, 0.3) is 0 Å². The van der Waals surface area contributed by atoms with E-state index in [1.54, 1.807) is 7.05 Å². The standard InChI is InChI=1S/C19H29N3O2/c1-5-15(16-9-7-6-8-10-16)11-21-19(20-3)22-12-14(2)17(13-22)18(23)24-4/h6-10,14-15,17H,5,11-13H2,1-4H3,(H,20,21). The molecule has 3 unspecified atom stereocenters. The number of hydrogen-bond acceptors (Lipinski definition) is 3. The average Bonchev–Trinajstić information content (AvgIpc) is 3.00. The topological polar surface area (TPSA) is 53.9 Å². The number of methoxy groups -OCH3 is 1. The number of rotatable bonds is 5. The van der Waals surface area contributed by atoms with Crippen LogP contribution in [0.4, 0.5) is 0 Å². The smallest absolute Gasteiger partial charge is 0.310 e. The van der Waals surface area contributed by atoms with Crippen molar-refractivity contribution in [3.63, 3.8) is 0 Å². The second-order valence-corrected chi connectivity index (χ2v) is 6.46. The number of likely N-dealkylation sites (tertiary alicyclic amines) is 1. The third-order valence-corrected chi connectivity index (χ3v) is 4.90. The minimum atomic E-state index is -0.129. The molecule has 0 radical (unpaired) electrons. The molecule has 0 saturated carbocycles. The lowest BCUT2D eigenvalue weighted by molar-refractivity contribution is -0.145. The Hall–Kier alpha value is -2.04. The lowest BCUT2D eigenvalue weighted by atomic mass is 9.97. The molecular formula is C19H29N3O2. The summed E-state index contributed by atoms with van der Waals surface area (Å²) in [5.74, 6) is 1.37. The van der Waals surface area contributed by atoms with Crippen molar-refractivity contribution in [3.05, 3.63) is 35.9 Å². The first kappa shape index (κ1) is 18.3. The van der Waals surface area contributed by atoms with Gasteiger partial charge in [0.05, 0.1) is 13.0 Å². The minimum absolute atomic E-state index is 0.0790. The van der Waals surface area contributed by atoms with Gasteiger partial charge in [-0.15, -0.1) is 0 Å². The summed E-state index contributed by atoms with van der Waals surface area (Å²) in [5, 5.41) is 3.48. The highest BCUT2D eigenvalue weighted by Crippen LogP contribution is 2.24. The van der Waals surface area contributed by atoms with Crippen LogP contribution >= 0.6 is 0 Å². The van der Waals surface area contributed by atoms with Crippen LogP contribution in [0.3, 0.4) is 0 Å². The fourth-order valence-corrected chi connectivity index (χ4v) is 3.37. The van der Waals surface area contributed by atoms with Crippen molar-refractivity contribution in [1.82, 2.24) is 10.2 Å². The summed E-state index contributed by atoms with van der Waals surface area (Å²) in [6.07, 6.45) is 1.06. The molecule has 132 valence electrons. The van der Waals surface area contributed by atoms with Gasteiger partial charge in [-0.05, 0) is 17.9 Å². The third kappa shape index (κ3) is 4.28. The van der Waals surface area contributed by atoms with E-state index in [0.717, 1.165) is 25.5 Å². The first-order valence-corrected chi connectivity index (χ1v) is 8.69. The van der Waals surface area contributed by atoms with E-state index in [4.69, 9.17) is 4.74 Å². The molecule has 1 aromatic carbocycles. The Bertz CT molecular complexity index is 559. The van der Waals surface area contributed by atoms with Crippen molar-refractivity contribution in [2.24, 2.45) is 16.8 Å². The maximum atomic E-state index is 11.9. The molecule has 5 nitrogen and oxygen atoms in total. The third-order valence-electron chi connectivity index (χ3n) is 4.90. The largest absolute Gasteiger partial charge is 0.469 e. The Morgan fingerprint density at radius 1 is 1.38 bits per heavy atom. The molecule has 5 heteroatoms. The monoisotopic (exact) mass is 331 g/mol. The fourth-order valence-electron chi connectivity index (χ4n) is 3.37. The lowest BCUT2D eigenvalue weighted by Crippen LogP contribution is -2.42. The highest BCUT2D eigenvalue weighted by atomic mass is 16.5. The van der Waals surface area contributed by atoms with Gasteiger partial charge < -0.3 is 15.0 Å². The molecule has 2 rings (SSSR count). The second kappa shape index (κ2) is 8.71. The van der Waals surface area contributed by atoms with E-state index in [0.29, 0.717) is 12.5 Å². The van der Waals surface area contributed by atoms with Gasteiger partial charge in [0, 0.05) is 32.6 Å². The number of esters is 1. The molecule has 0 amide bonds. The molecule has 0 aromatic heterocycles. The molecule has 0 bridgehead atoms. The van der Waals surface area contributed by atoms with Crippen LogP contribution in [0.1, 0.15) is 31.7 Å². The molecule has 0 spiro atoms. The predicted octanol–water partition coefficient (Wildman–Crippen LogP) is 2.50. The molecule has 1 aliphatic rings. The van der Waals surface area contributed by atoms with Crippen molar-refractivity contribution in [2.45, 2.75) is 26.2 Å². The first-order valence-electron chi connectivity index (χ1n) is 8.69. The van der Waals surface area contributed by atoms with Crippen molar-refractivity contribution >= 4 is 11.9 Å². The summed E-state index contributed by atoms with van der Waals surface area (Å²) in [4.78, 5) is 18.4. The fraction of sp³-hybridized carbons (Fsp3) is 0.579. The minimum Gasteiger partial charge on any atom is -0.469 e. The van der Waals surface area contributed by atoms with Crippen molar-refractivity contribution in [3.8, 4) is 0 Å². The first-order chi connectivity index (χ1) is 11.6. The number of nitrogens with zero attached hydrogens (tertiary/aromatic N) is 2. The number of guanidine groups is 1. The highest BCUT2D eigenvalue weighted by Gasteiger charge is 2.36. The van der Waals surface area contributed by atoms with E-state index < -0.39 is 0 Å². The molecule has 3 atom stereocenters. The summed E-state index contributed by atoms with van der Waals surface area (Å²) in [6.45, 7) is 6.61. The van der Waals surface area contributed by atoms with Gasteiger partial charge in [-0.25, -0.2) is 0 Å². The number of nitrogens with one attached hydrogen (secondary N) is 1. The maximum absolute atomic E-state index is 11.9. The van der Waals surface area contributed by atoms with Gasteiger partial charge in [0.25, 0.3) is 0 Å². The lowest BCUT2D eigenvalue weighted by Gasteiger charge is -2.24. The van der Waals surface area contributed by atoms with Crippen LogP contribution in [0, 0.1) is 11.8 Å². The number of aliphatic imine (C=N–C) groups is 1. The van der Waals surface area contributed by atoms with Gasteiger partial charge in [0.2, 0.25) is 0 Å². The van der Waals surface area contributed by atoms with Crippen molar-refractivity contribution in [1.29, 1.82) is 0 Å². The quantitative estimate of drug-likeness (QED) is 0.512. The summed E-state index contributed by atoms with van der Waals surface area (Å²) in [6, 6.07) is 10.5. The molecule has 1 aromatic rings. The number of carbonyl (C=O) groups is 1. The number of hydrogen-bond donors (Lipinski definition) is 1. The molecular weight excluding hydrogens is 302 g/mol. The average molecular weight is 331 g/mol. The van der Waals surface area contributed by atoms with Crippen LogP contribution in [0.15, 0.2) is 35.3 Å². The molecule has 1 N–H and O–H groups in total. The van der Waals surface area contributed by atoms with E-state index in [9.17, 15) is 4.79 Å². The van der Waals surface area contributed by atoms with Gasteiger partial charge in [-0.1, -0.05) is 44.2 Å². The van der Waals surface area contributed by atoms with Gasteiger partial charge in [-0.2, -0.15) is 0 Å². The molecule has 1 heterocycles. The van der Waals surface area contributed by atoms with Crippen LogP contribution in [0.2, 0.25) is 0 Å². The van der Waals surface area contributed by atoms with Crippen LogP contribution in [0.5, 0.6) is 0 Å². The zero-order valence-electron chi connectivity index (χ0n) is 15.2. The molecule has 24 heavy (non-hydrogen) atoms. The van der Waals surface area contributed by atoms with E-state index in [-0.39, 0.29) is 17.8 Å². The van der Waals surface area contributed by atoms with Gasteiger partial charge in [-0.3, -0.25) is 9.79 Å². The van der Waals surface area contributed by atoms with E-state index >= 15 is 0 Å². The van der Waals surface area contributed by atoms with Crippen molar-refractivity contribution < 1.29 is 9.53 Å².